The minimum absolute atomic E-state index is 0.00834. The number of nitrogens with zero attached hydrogens (tertiary/aromatic N) is 1. The molecule has 0 saturated carbocycles. The number of benzene rings is 1. The van der Waals surface area contributed by atoms with E-state index in [0.29, 0.717) is 11.3 Å². The van der Waals surface area contributed by atoms with Gasteiger partial charge < -0.3 is 9.84 Å². The number of nitrogens with one attached hydrogen (secondary N) is 1. The van der Waals surface area contributed by atoms with Crippen molar-refractivity contribution in [1.29, 1.82) is 0 Å². The van der Waals surface area contributed by atoms with E-state index in [2.05, 4.69) is 9.71 Å². The fraction of sp³-hybridized carbons (Fsp3) is 0.154. The van der Waals surface area contributed by atoms with Gasteiger partial charge in [-0.3, -0.25) is 9.71 Å². The molecular formula is C13H14N2O4S. The lowest BCUT2D eigenvalue weighted by atomic mass is 10.2. The molecule has 1 aromatic heterocycles. The van der Waals surface area contributed by atoms with Gasteiger partial charge in [-0.25, -0.2) is 8.42 Å². The minimum atomic E-state index is -3.77. The second kappa shape index (κ2) is 5.89. The van der Waals surface area contributed by atoms with Crippen LogP contribution in [0.3, 0.4) is 0 Å². The lowest BCUT2D eigenvalue weighted by Crippen LogP contribution is -2.14. The smallest absolute Gasteiger partial charge is 0.265 e. The lowest BCUT2D eigenvalue weighted by molar-refractivity contribution is 0.280. The van der Waals surface area contributed by atoms with E-state index in [9.17, 15) is 8.42 Å². The Morgan fingerprint density at radius 1 is 1.25 bits per heavy atom. The first-order valence-electron chi connectivity index (χ1n) is 5.77. The lowest BCUT2D eigenvalue weighted by Gasteiger charge is -2.12. The van der Waals surface area contributed by atoms with Gasteiger partial charge in [0.05, 0.1) is 19.4 Å². The second-order valence-corrected chi connectivity index (χ2v) is 5.64. The van der Waals surface area contributed by atoms with Gasteiger partial charge >= 0.3 is 0 Å². The molecule has 0 fully saturated rings. The standard InChI is InChI=1S/C13H14N2O4S/c1-19-12-8-10(9-16)2-3-13(12)20(17,18)15-11-4-6-14-7-5-11/h2-8,16H,9H2,1H3,(H,14,15). The molecule has 0 aliphatic carbocycles. The van der Waals surface area contributed by atoms with Gasteiger partial charge in [-0.1, -0.05) is 6.07 Å². The van der Waals surface area contributed by atoms with Gasteiger partial charge in [-0.15, -0.1) is 0 Å². The SMILES string of the molecule is COc1cc(CO)ccc1S(=O)(=O)Nc1ccncc1. The summed E-state index contributed by atoms with van der Waals surface area (Å²) in [6.45, 7) is -0.186. The summed E-state index contributed by atoms with van der Waals surface area (Å²) < 4.78 is 32.1. The monoisotopic (exact) mass is 294 g/mol. The number of aliphatic hydroxyl groups is 1. The number of pyridine rings is 1. The number of aromatic nitrogens is 1. The van der Waals surface area contributed by atoms with E-state index in [4.69, 9.17) is 9.84 Å². The van der Waals surface area contributed by atoms with E-state index in [0.717, 1.165) is 0 Å². The van der Waals surface area contributed by atoms with E-state index in [-0.39, 0.29) is 17.3 Å². The maximum Gasteiger partial charge on any atom is 0.265 e. The molecule has 1 heterocycles. The molecule has 1 aromatic carbocycles. The topological polar surface area (TPSA) is 88.5 Å². The third-order valence-corrected chi connectivity index (χ3v) is 4.05. The zero-order valence-electron chi connectivity index (χ0n) is 10.8. The van der Waals surface area contributed by atoms with Crippen LogP contribution in [0, 0.1) is 0 Å². The van der Waals surface area contributed by atoms with Crippen LogP contribution in [0.15, 0.2) is 47.6 Å². The highest BCUT2D eigenvalue weighted by atomic mass is 32.2. The van der Waals surface area contributed by atoms with Crippen LogP contribution in [0.5, 0.6) is 5.75 Å². The Balaban J connectivity index is 2.39. The zero-order valence-corrected chi connectivity index (χ0v) is 11.6. The maximum absolute atomic E-state index is 12.3. The van der Waals surface area contributed by atoms with Crippen LogP contribution in [0.1, 0.15) is 5.56 Å². The van der Waals surface area contributed by atoms with Crippen LogP contribution in [0.2, 0.25) is 0 Å². The Morgan fingerprint density at radius 2 is 1.95 bits per heavy atom. The molecule has 2 aromatic rings. The molecular weight excluding hydrogens is 280 g/mol. The number of rotatable bonds is 5. The van der Waals surface area contributed by atoms with Crippen molar-refractivity contribution in [2.75, 3.05) is 11.8 Å². The predicted octanol–water partition coefficient (Wildman–Crippen LogP) is 1.38. The molecule has 0 atom stereocenters. The summed E-state index contributed by atoms with van der Waals surface area (Å²) >= 11 is 0. The second-order valence-electron chi connectivity index (χ2n) is 3.98. The van der Waals surface area contributed by atoms with Crippen LogP contribution in [0.4, 0.5) is 5.69 Å². The highest BCUT2D eigenvalue weighted by Gasteiger charge is 2.19. The fourth-order valence-electron chi connectivity index (χ4n) is 1.66. The Bertz CT molecular complexity index is 687. The first-order chi connectivity index (χ1) is 9.56. The Morgan fingerprint density at radius 3 is 2.55 bits per heavy atom. The van der Waals surface area contributed by atoms with Gasteiger partial charge in [-0.05, 0) is 29.8 Å². The number of methoxy groups -OCH3 is 1. The van der Waals surface area contributed by atoms with E-state index in [1.54, 1.807) is 12.1 Å². The molecule has 0 radical (unpaired) electrons. The highest BCUT2D eigenvalue weighted by molar-refractivity contribution is 7.92. The molecule has 0 aliphatic rings. The summed E-state index contributed by atoms with van der Waals surface area (Å²) in [6, 6.07) is 7.51. The maximum atomic E-state index is 12.3. The van der Waals surface area contributed by atoms with Crippen molar-refractivity contribution >= 4 is 15.7 Å². The van der Waals surface area contributed by atoms with Crippen LogP contribution >= 0.6 is 0 Å². The summed E-state index contributed by atoms with van der Waals surface area (Å²) in [5.74, 6) is 0.179. The number of anilines is 1. The highest BCUT2D eigenvalue weighted by Crippen LogP contribution is 2.26. The molecule has 20 heavy (non-hydrogen) atoms. The molecule has 2 N–H and O–H groups in total. The number of aliphatic hydroxyl groups excluding tert-OH is 1. The molecule has 106 valence electrons. The number of hydrogen-bond donors (Lipinski definition) is 2. The van der Waals surface area contributed by atoms with Crippen molar-refractivity contribution in [3.05, 3.63) is 48.3 Å². The van der Waals surface area contributed by atoms with Gasteiger partial charge in [0.2, 0.25) is 0 Å². The van der Waals surface area contributed by atoms with Crippen LogP contribution in [0.25, 0.3) is 0 Å². The first-order valence-corrected chi connectivity index (χ1v) is 7.26. The third-order valence-electron chi connectivity index (χ3n) is 2.63. The van der Waals surface area contributed by atoms with Crippen molar-refractivity contribution in [1.82, 2.24) is 4.98 Å². The molecule has 0 bridgehead atoms. The summed E-state index contributed by atoms with van der Waals surface area (Å²) in [5, 5.41) is 9.06. The van der Waals surface area contributed by atoms with Crippen molar-refractivity contribution in [3.63, 3.8) is 0 Å². The largest absolute Gasteiger partial charge is 0.495 e. The van der Waals surface area contributed by atoms with Gasteiger partial charge in [0.25, 0.3) is 10.0 Å². The van der Waals surface area contributed by atoms with Gasteiger partial charge in [-0.2, -0.15) is 0 Å². The number of hydrogen-bond acceptors (Lipinski definition) is 5. The molecule has 0 spiro atoms. The van der Waals surface area contributed by atoms with E-state index in [1.807, 2.05) is 0 Å². The molecule has 0 aliphatic heterocycles. The molecule has 6 nitrogen and oxygen atoms in total. The Labute approximate surface area is 117 Å². The van der Waals surface area contributed by atoms with Crippen molar-refractivity contribution in [2.24, 2.45) is 0 Å². The number of ether oxygens (including phenoxy) is 1. The summed E-state index contributed by atoms with van der Waals surface area (Å²) in [5.41, 5.74) is 0.984. The van der Waals surface area contributed by atoms with Crippen molar-refractivity contribution in [3.8, 4) is 5.75 Å². The quantitative estimate of drug-likeness (QED) is 0.869. The normalized spacial score (nSPS) is 11.1. The minimum Gasteiger partial charge on any atom is -0.495 e. The van der Waals surface area contributed by atoms with Gasteiger partial charge in [0.15, 0.2) is 0 Å². The third kappa shape index (κ3) is 3.06. The van der Waals surface area contributed by atoms with Crippen molar-refractivity contribution in [2.45, 2.75) is 11.5 Å². The summed E-state index contributed by atoms with van der Waals surface area (Å²) in [4.78, 5) is 3.83. The number of sulfonamides is 1. The molecule has 0 unspecified atom stereocenters. The van der Waals surface area contributed by atoms with E-state index >= 15 is 0 Å². The molecule has 2 rings (SSSR count). The van der Waals surface area contributed by atoms with Gasteiger partial charge in [0.1, 0.15) is 10.6 Å². The Hall–Kier alpha value is -2.12. The molecule has 7 heteroatoms. The predicted molar refractivity (Wildman–Crippen MR) is 74.0 cm³/mol. The fourth-order valence-corrected chi connectivity index (χ4v) is 2.87. The molecule has 0 saturated heterocycles. The Kier molecular flexibility index (Phi) is 4.21. The average Bonchev–Trinajstić information content (AvgIpc) is 2.47. The molecule has 0 amide bonds. The van der Waals surface area contributed by atoms with E-state index < -0.39 is 10.0 Å². The summed E-state index contributed by atoms with van der Waals surface area (Å²) in [7, 11) is -2.39. The van der Waals surface area contributed by atoms with Crippen LogP contribution < -0.4 is 9.46 Å². The van der Waals surface area contributed by atoms with E-state index in [1.165, 1.54) is 37.7 Å². The summed E-state index contributed by atoms with van der Waals surface area (Å²) in [6.07, 6.45) is 2.98. The van der Waals surface area contributed by atoms with Crippen molar-refractivity contribution < 1.29 is 18.3 Å². The average molecular weight is 294 g/mol. The van der Waals surface area contributed by atoms with Crippen LogP contribution in [-0.4, -0.2) is 25.6 Å². The van der Waals surface area contributed by atoms with Gasteiger partial charge in [0, 0.05) is 12.4 Å². The van der Waals surface area contributed by atoms with Crippen LogP contribution in [-0.2, 0) is 16.6 Å². The first kappa shape index (κ1) is 14.3. The zero-order chi connectivity index (χ0) is 14.6.